The maximum absolute atomic E-state index is 11.9. The maximum atomic E-state index is 11.9. The van der Waals surface area contributed by atoms with Crippen LogP contribution < -0.4 is 4.57 Å². The predicted octanol–water partition coefficient (Wildman–Crippen LogP) is 0.370. The molecule has 1 atom stereocenters. The van der Waals surface area contributed by atoms with E-state index in [0.717, 1.165) is 0 Å². The smallest absolute Gasteiger partial charge is 0.363 e. The number of rotatable bonds is 6. The normalized spacial score (nSPS) is 11.9. The van der Waals surface area contributed by atoms with Crippen LogP contribution in [0.1, 0.15) is 26.3 Å². The number of aryl methyl sites for hydroxylation is 1. The summed E-state index contributed by atoms with van der Waals surface area (Å²) in [4.78, 5) is 23.7. The van der Waals surface area contributed by atoms with Crippen LogP contribution >= 0.6 is 0 Å². The van der Waals surface area contributed by atoms with Crippen molar-refractivity contribution in [2.24, 2.45) is 7.05 Å². The molecule has 6 nitrogen and oxygen atoms in total. The average molecular weight is 255 g/mol. The zero-order valence-electron chi connectivity index (χ0n) is 11.0. The van der Waals surface area contributed by atoms with Crippen molar-refractivity contribution < 1.29 is 23.6 Å². The Balaban J connectivity index is 2.87. The van der Waals surface area contributed by atoms with Crippen LogP contribution in [0.15, 0.2) is 18.7 Å². The molecule has 0 saturated heterocycles. The minimum atomic E-state index is -1.07. The standard InChI is InChI=1S/C12H19N2O4/c1-4-8-18-12(16)10(11(15)17-5-2)14-7-6-13(3)9-14/h6-7,9-10H,4-5,8H2,1-3H3/q+1. The van der Waals surface area contributed by atoms with Gasteiger partial charge in [0.2, 0.25) is 6.33 Å². The van der Waals surface area contributed by atoms with E-state index in [1.54, 1.807) is 37.3 Å². The molecule has 0 spiro atoms. The minimum Gasteiger partial charge on any atom is -0.462 e. The second kappa shape index (κ2) is 6.78. The summed E-state index contributed by atoms with van der Waals surface area (Å²) < 4.78 is 13.1. The number of ether oxygens (including phenoxy) is 2. The Labute approximate surface area is 106 Å². The Morgan fingerprint density at radius 3 is 2.44 bits per heavy atom. The third-order valence-electron chi connectivity index (χ3n) is 2.27. The van der Waals surface area contributed by atoms with Crippen LogP contribution in [0.2, 0.25) is 0 Å². The Bertz CT molecular complexity index is 414. The van der Waals surface area contributed by atoms with Gasteiger partial charge in [0.15, 0.2) is 0 Å². The molecule has 0 amide bonds. The van der Waals surface area contributed by atoms with Gasteiger partial charge in [-0.1, -0.05) is 6.92 Å². The lowest BCUT2D eigenvalue weighted by atomic mass is 10.3. The molecule has 1 rings (SSSR count). The fourth-order valence-electron chi connectivity index (χ4n) is 1.46. The fourth-order valence-corrected chi connectivity index (χ4v) is 1.46. The summed E-state index contributed by atoms with van der Waals surface area (Å²) in [6.07, 6.45) is 5.71. The van der Waals surface area contributed by atoms with Crippen molar-refractivity contribution in [2.75, 3.05) is 13.2 Å². The van der Waals surface area contributed by atoms with E-state index in [2.05, 4.69) is 0 Å². The largest absolute Gasteiger partial charge is 0.462 e. The minimum absolute atomic E-state index is 0.226. The number of hydrogen-bond donors (Lipinski definition) is 0. The van der Waals surface area contributed by atoms with E-state index < -0.39 is 18.0 Å². The van der Waals surface area contributed by atoms with Crippen LogP contribution in [0, 0.1) is 0 Å². The summed E-state index contributed by atoms with van der Waals surface area (Å²) in [7, 11) is 1.80. The second-order valence-corrected chi connectivity index (χ2v) is 3.85. The molecule has 0 aliphatic carbocycles. The topological polar surface area (TPSA) is 61.4 Å². The summed E-state index contributed by atoms with van der Waals surface area (Å²) in [5, 5.41) is 0. The highest BCUT2D eigenvalue weighted by Crippen LogP contribution is 2.10. The molecule has 0 fully saturated rings. The molecule has 100 valence electrons. The van der Waals surface area contributed by atoms with E-state index in [4.69, 9.17) is 9.47 Å². The predicted molar refractivity (Wildman–Crippen MR) is 62.5 cm³/mol. The van der Waals surface area contributed by atoms with Gasteiger partial charge in [0.25, 0.3) is 6.04 Å². The highest BCUT2D eigenvalue weighted by Gasteiger charge is 2.35. The SMILES string of the molecule is CCCOC(=O)C(C(=O)OCC)n1cc[n+](C)c1. The van der Waals surface area contributed by atoms with Crippen molar-refractivity contribution >= 4 is 11.9 Å². The zero-order chi connectivity index (χ0) is 13.5. The van der Waals surface area contributed by atoms with Crippen LogP contribution in [0.5, 0.6) is 0 Å². The van der Waals surface area contributed by atoms with Crippen molar-refractivity contribution in [1.82, 2.24) is 4.57 Å². The molecule has 0 N–H and O–H groups in total. The van der Waals surface area contributed by atoms with Crippen LogP contribution in [0.3, 0.4) is 0 Å². The van der Waals surface area contributed by atoms with Gasteiger partial charge in [0.1, 0.15) is 12.4 Å². The molecule has 0 saturated carbocycles. The van der Waals surface area contributed by atoms with E-state index in [0.29, 0.717) is 13.0 Å². The molecule has 0 aliphatic rings. The molecule has 6 heteroatoms. The molecule has 1 heterocycles. The van der Waals surface area contributed by atoms with Crippen LogP contribution in [-0.4, -0.2) is 29.7 Å². The lowest BCUT2D eigenvalue weighted by Crippen LogP contribution is -2.32. The first kappa shape index (κ1) is 14.2. The van der Waals surface area contributed by atoms with Gasteiger partial charge in [0.05, 0.1) is 20.3 Å². The van der Waals surface area contributed by atoms with Crippen molar-refractivity contribution in [2.45, 2.75) is 26.3 Å². The van der Waals surface area contributed by atoms with E-state index in [1.165, 1.54) is 4.57 Å². The molecular weight excluding hydrogens is 236 g/mol. The molecule has 18 heavy (non-hydrogen) atoms. The van der Waals surface area contributed by atoms with Gasteiger partial charge in [-0.15, -0.1) is 0 Å². The number of carbonyl (C=O) groups excluding carboxylic acids is 2. The molecular formula is C12H19N2O4+. The monoisotopic (exact) mass is 255 g/mol. The maximum Gasteiger partial charge on any atom is 0.363 e. The Kier molecular flexibility index (Phi) is 5.35. The summed E-state index contributed by atoms with van der Waals surface area (Å²) >= 11 is 0. The molecule has 0 radical (unpaired) electrons. The summed E-state index contributed by atoms with van der Waals surface area (Å²) in [5.74, 6) is -1.19. The molecule has 0 aliphatic heterocycles. The van der Waals surface area contributed by atoms with E-state index in [-0.39, 0.29) is 6.61 Å². The number of nitrogens with zero attached hydrogens (tertiary/aromatic N) is 2. The van der Waals surface area contributed by atoms with Crippen molar-refractivity contribution in [3.8, 4) is 0 Å². The lowest BCUT2D eigenvalue weighted by molar-refractivity contribution is -0.671. The second-order valence-electron chi connectivity index (χ2n) is 3.85. The molecule has 1 aromatic heterocycles. The van der Waals surface area contributed by atoms with E-state index >= 15 is 0 Å². The molecule has 0 bridgehead atoms. The first-order valence-electron chi connectivity index (χ1n) is 5.96. The third kappa shape index (κ3) is 3.58. The lowest BCUT2D eigenvalue weighted by Gasteiger charge is -2.11. The van der Waals surface area contributed by atoms with Crippen molar-refractivity contribution in [1.29, 1.82) is 0 Å². The summed E-state index contributed by atoms with van der Waals surface area (Å²) in [5.41, 5.74) is 0. The highest BCUT2D eigenvalue weighted by molar-refractivity contribution is 5.97. The van der Waals surface area contributed by atoms with Gasteiger partial charge in [-0.2, -0.15) is 0 Å². The quantitative estimate of drug-likeness (QED) is 0.418. The van der Waals surface area contributed by atoms with Gasteiger partial charge in [0, 0.05) is 0 Å². The van der Waals surface area contributed by atoms with Crippen LogP contribution in [0.25, 0.3) is 0 Å². The zero-order valence-corrected chi connectivity index (χ0v) is 11.0. The summed E-state index contributed by atoms with van der Waals surface area (Å²) in [6, 6.07) is -1.07. The van der Waals surface area contributed by atoms with E-state index in [9.17, 15) is 9.59 Å². The van der Waals surface area contributed by atoms with Crippen molar-refractivity contribution in [3.63, 3.8) is 0 Å². The average Bonchev–Trinajstić information content (AvgIpc) is 2.73. The highest BCUT2D eigenvalue weighted by atomic mass is 16.6. The fraction of sp³-hybridized carbons (Fsp3) is 0.583. The third-order valence-corrected chi connectivity index (χ3v) is 2.27. The van der Waals surface area contributed by atoms with Crippen LogP contribution in [0.4, 0.5) is 0 Å². The first-order valence-corrected chi connectivity index (χ1v) is 5.96. The van der Waals surface area contributed by atoms with Gasteiger partial charge in [-0.05, 0) is 13.3 Å². The number of aromatic nitrogens is 2. The van der Waals surface area contributed by atoms with Gasteiger partial charge in [-0.25, -0.2) is 18.7 Å². The summed E-state index contributed by atoms with van der Waals surface area (Å²) in [6.45, 7) is 4.11. The Morgan fingerprint density at radius 2 is 1.94 bits per heavy atom. The molecule has 1 aromatic rings. The van der Waals surface area contributed by atoms with Crippen molar-refractivity contribution in [3.05, 3.63) is 18.7 Å². The van der Waals surface area contributed by atoms with Crippen LogP contribution in [-0.2, 0) is 26.1 Å². The number of esters is 2. The van der Waals surface area contributed by atoms with E-state index in [1.807, 2.05) is 6.92 Å². The molecule has 0 aromatic carbocycles. The molecule has 1 unspecified atom stereocenters. The first-order chi connectivity index (χ1) is 8.60. The van der Waals surface area contributed by atoms with Gasteiger partial charge in [-0.3, -0.25) is 0 Å². The Morgan fingerprint density at radius 1 is 1.28 bits per heavy atom. The van der Waals surface area contributed by atoms with Gasteiger partial charge < -0.3 is 9.47 Å². The van der Waals surface area contributed by atoms with Gasteiger partial charge >= 0.3 is 11.9 Å². The Hall–Kier alpha value is -1.85. The number of imidazole rings is 1. The number of hydrogen-bond acceptors (Lipinski definition) is 4. The number of carbonyl (C=O) groups is 2.